The van der Waals surface area contributed by atoms with Crippen LogP contribution in [-0.2, 0) is 6.54 Å². The molecule has 0 spiro atoms. The van der Waals surface area contributed by atoms with E-state index in [9.17, 15) is 8.78 Å². The van der Waals surface area contributed by atoms with Crippen molar-refractivity contribution in [3.05, 3.63) is 58.1 Å². The summed E-state index contributed by atoms with van der Waals surface area (Å²) in [5, 5.41) is 2.83. The van der Waals surface area contributed by atoms with Crippen LogP contribution in [0.5, 0.6) is 0 Å². The number of hydrogen-bond acceptors (Lipinski definition) is 2. The van der Waals surface area contributed by atoms with Crippen LogP contribution < -0.4 is 11.1 Å². The third-order valence-electron chi connectivity index (χ3n) is 2.47. The number of hydrogen-bond donors (Lipinski definition) is 2. The van der Waals surface area contributed by atoms with E-state index in [1.807, 2.05) is 0 Å². The van der Waals surface area contributed by atoms with E-state index >= 15 is 0 Å². The number of nitrogen functional groups attached to an aromatic ring is 1. The zero-order valence-electron chi connectivity index (χ0n) is 9.38. The maximum atomic E-state index is 13.5. The van der Waals surface area contributed by atoms with Crippen molar-refractivity contribution in [3.8, 4) is 0 Å². The first kappa shape index (κ1) is 12.8. The van der Waals surface area contributed by atoms with Crippen molar-refractivity contribution in [2.75, 3.05) is 11.1 Å². The number of halogens is 3. The SMILES string of the molecule is Nc1ccc(NCc2cc(Br)ccc2F)c(F)c1. The van der Waals surface area contributed by atoms with Crippen molar-refractivity contribution in [1.82, 2.24) is 0 Å². The Kier molecular flexibility index (Phi) is 3.81. The molecule has 0 aliphatic rings. The van der Waals surface area contributed by atoms with Crippen LogP contribution in [0.2, 0.25) is 0 Å². The Hall–Kier alpha value is -1.62. The molecule has 2 aromatic rings. The van der Waals surface area contributed by atoms with Gasteiger partial charge in [0.1, 0.15) is 11.6 Å². The first-order valence-corrected chi connectivity index (χ1v) is 6.08. The quantitative estimate of drug-likeness (QED) is 0.843. The number of rotatable bonds is 3. The molecule has 0 saturated heterocycles. The molecule has 3 N–H and O–H groups in total. The van der Waals surface area contributed by atoms with Gasteiger partial charge in [-0.05, 0) is 36.4 Å². The molecule has 2 rings (SSSR count). The third-order valence-corrected chi connectivity index (χ3v) is 2.96. The second kappa shape index (κ2) is 5.35. The van der Waals surface area contributed by atoms with Gasteiger partial charge >= 0.3 is 0 Å². The highest BCUT2D eigenvalue weighted by Crippen LogP contribution is 2.20. The van der Waals surface area contributed by atoms with Crippen LogP contribution in [0.4, 0.5) is 20.2 Å². The van der Waals surface area contributed by atoms with Crippen LogP contribution >= 0.6 is 15.9 Å². The van der Waals surface area contributed by atoms with Crippen molar-refractivity contribution in [1.29, 1.82) is 0 Å². The topological polar surface area (TPSA) is 38.0 Å². The van der Waals surface area contributed by atoms with Gasteiger partial charge in [0.15, 0.2) is 0 Å². The van der Waals surface area contributed by atoms with Gasteiger partial charge in [-0.3, -0.25) is 0 Å². The molecular formula is C13H11BrF2N2. The summed E-state index contributed by atoms with van der Waals surface area (Å²) >= 11 is 3.26. The lowest BCUT2D eigenvalue weighted by Gasteiger charge is -2.09. The van der Waals surface area contributed by atoms with Crippen LogP contribution in [0.1, 0.15) is 5.56 Å². The monoisotopic (exact) mass is 312 g/mol. The zero-order valence-corrected chi connectivity index (χ0v) is 11.0. The fourth-order valence-corrected chi connectivity index (χ4v) is 1.95. The predicted molar refractivity (Wildman–Crippen MR) is 72.2 cm³/mol. The third kappa shape index (κ3) is 2.98. The summed E-state index contributed by atoms with van der Waals surface area (Å²) in [6, 6.07) is 8.96. The normalized spacial score (nSPS) is 10.4. The summed E-state index contributed by atoms with van der Waals surface area (Å²) < 4.78 is 27.7. The summed E-state index contributed by atoms with van der Waals surface area (Å²) in [7, 11) is 0. The van der Waals surface area contributed by atoms with Crippen LogP contribution in [0, 0.1) is 11.6 Å². The van der Waals surface area contributed by atoms with E-state index in [0.29, 0.717) is 16.9 Å². The molecule has 0 radical (unpaired) electrons. The smallest absolute Gasteiger partial charge is 0.148 e. The van der Waals surface area contributed by atoms with Crippen LogP contribution in [0.15, 0.2) is 40.9 Å². The highest BCUT2D eigenvalue weighted by Gasteiger charge is 2.05. The van der Waals surface area contributed by atoms with Crippen molar-refractivity contribution >= 4 is 27.3 Å². The van der Waals surface area contributed by atoms with E-state index < -0.39 is 5.82 Å². The summed E-state index contributed by atoms with van der Waals surface area (Å²) in [6.07, 6.45) is 0. The van der Waals surface area contributed by atoms with Crippen molar-refractivity contribution in [2.24, 2.45) is 0 Å². The van der Waals surface area contributed by atoms with Gasteiger partial charge in [-0.25, -0.2) is 8.78 Å². The summed E-state index contributed by atoms with van der Waals surface area (Å²) in [5.41, 5.74) is 6.55. The van der Waals surface area contributed by atoms with Crippen molar-refractivity contribution in [2.45, 2.75) is 6.54 Å². The maximum Gasteiger partial charge on any atom is 0.148 e. The van der Waals surface area contributed by atoms with Crippen LogP contribution in [-0.4, -0.2) is 0 Å². The average Bonchev–Trinajstić information content (AvgIpc) is 2.32. The summed E-state index contributed by atoms with van der Waals surface area (Å²) in [5.74, 6) is -0.785. The molecule has 2 nitrogen and oxygen atoms in total. The van der Waals surface area contributed by atoms with Gasteiger partial charge in [-0.15, -0.1) is 0 Å². The lowest BCUT2D eigenvalue weighted by molar-refractivity contribution is 0.610. The molecular weight excluding hydrogens is 302 g/mol. The number of anilines is 2. The highest BCUT2D eigenvalue weighted by molar-refractivity contribution is 9.10. The predicted octanol–water partition coefficient (Wildman–Crippen LogP) is 3.92. The summed E-state index contributed by atoms with van der Waals surface area (Å²) in [4.78, 5) is 0. The number of benzene rings is 2. The second-order valence-corrected chi connectivity index (χ2v) is 4.74. The Morgan fingerprint density at radius 1 is 1.06 bits per heavy atom. The highest BCUT2D eigenvalue weighted by atomic mass is 79.9. The van der Waals surface area contributed by atoms with Gasteiger partial charge in [-0.1, -0.05) is 15.9 Å². The van der Waals surface area contributed by atoms with E-state index in [4.69, 9.17) is 5.73 Å². The van der Waals surface area contributed by atoms with Crippen LogP contribution in [0.3, 0.4) is 0 Å². The Labute approximate surface area is 112 Å². The largest absolute Gasteiger partial charge is 0.399 e. The minimum absolute atomic E-state index is 0.201. The minimum atomic E-state index is -0.453. The molecule has 0 unspecified atom stereocenters. The molecule has 5 heteroatoms. The molecule has 0 aliphatic heterocycles. The van der Waals surface area contributed by atoms with Gasteiger partial charge in [0, 0.05) is 22.3 Å². The Balaban J connectivity index is 2.13. The second-order valence-electron chi connectivity index (χ2n) is 3.83. The molecule has 0 aliphatic carbocycles. The Morgan fingerprint density at radius 3 is 2.56 bits per heavy atom. The molecule has 94 valence electrons. The Morgan fingerprint density at radius 2 is 1.83 bits per heavy atom. The minimum Gasteiger partial charge on any atom is -0.399 e. The van der Waals surface area contributed by atoms with Crippen LogP contribution in [0.25, 0.3) is 0 Å². The van der Waals surface area contributed by atoms with Gasteiger partial charge in [0.05, 0.1) is 5.69 Å². The Bertz CT molecular complexity index is 573. The van der Waals surface area contributed by atoms with E-state index in [1.165, 1.54) is 18.2 Å². The molecule has 18 heavy (non-hydrogen) atoms. The average molecular weight is 313 g/mol. The first-order valence-electron chi connectivity index (χ1n) is 5.29. The van der Waals surface area contributed by atoms with E-state index in [2.05, 4.69) is 21.2 Å². The molecule has 0 bridgehead atoms. The van der Waals surface area contributed by atoms with E-state index in [-0.39, 0.29) is 12.4 Å². The van der Waals surface area contributed by atoms with E-state index in [1.54, 1.807) is 18.2 Å². The van der Waals surface area contributed by atoms with Crippen molar-refractivity contribution < 1.29 is 8.78 Å². The molecule has 0 aromatic heterocycles. The maximum absolute atomic E-state index is 13.5. The number of nitrogens with two attached hydrogens (primary N) is 1. The van der Waals surface area contributed by atoms with Gasteiger partial charge in [-0.2, -0.15) is 0 Å². The van der Waals surface area contributed by atoms with Gasteiger partial charge in [0.25, 0.3) is 0 Å². The lowest BCUT2D eigenvalue weighted by Crippen LogP contribution is -2.04. The summed E-state index contributed by atoms with van der Waals surface area (Å²) in [6.45, 7) is 0.201. The lowest BCUT2D eigenvalue weighted by atomic mass is 10.2. The molecule has 0 amide bonds. The molecule has 0 fully saturated rings. The van der Waals surface area contributed by atoms with Gasteiger partial charge in [0.2, 0.25) is 0 Å². The first-order chi connectivity index (χ1) is 8.56. The standard InChI is InChI=1S/C13H11BrF2N2/c14-9-1-3-11(15)8(5-9)7-18-13-4-2-10(17)6-12(13)16/h1-6,18H,7,17H2. The van der Waals surface area contributed by atoms with E-state index in [0.717, 1.165) is 4.47 Å². The molecule has 0 heterocycles. The fourth-order valence-electron chi connectivity index (χ4n) is 1.54. The molecule has 2 aromatic carbocycles. The van der Waals surface area contributed by atoms with Gasteiger partial charge < -0.3 is 11.1 Å². The zero-order chi connectivity index (χ0) is 13.1. The molecule has 0 atom stereocenters. The number of nitrogens with one attached hydrogen (secondary N) is 1. The fraction of sp³-hybridized carbons (Fsp3) is 0.0769. The van der Waals surface area contributed by atoms with Crippen molar-refractivity contribution in [3.63, 3.8) is 0 Å². The molecule has 0 saturated carbocycles.